The average molecular weight is 374 g/mol. The Kier molecular flexibility index (Phi) is 4.15. The summed E-state index contributed by atoms with van der Waals surface area (Å²) in [5.74, 6) is -0.909. The summed E-state index contributed by atoms with van der Waals surface area (Å²) in [4.78, 5) is 27.3. The fourth-order valence-corrected chi connectivity index (χ4v) is 3.37. The van der Waals surface area contributed by atoms with E-state index in [2.05, 4.69) is 5.10 Å². The molecule has 9 heteroatoms. The molecular formula is C19H14N6O3. The molecule has 1 fully saturated rings. The van der Waals surface area contributed by atoms with E-state index in [4.69, 9.17) is 10.5 Å². The standard InChI is InChI=1S/C19H14N6O3/c20-9-13-18(22)25(23-19(13)24-5-7-28-8-6-24)14(10-21)15-16(26)11-3-1-2-4-12(11)17(15)27/h1-4H,5-8,22H2. The SMILES string of the molecule is N#CC(=C1C(=O)c2ccccc2C1=O)n1nc(N2CCOCC2)c(C#N)c1N. The molecule has 1 aromatic carbocycles. The van der Waals surface area contributed by atoms with Crippen molar-refractivity contribution in [3.63, 3.8) is 0 Å². The van der Waals surface area contributed by atoms with Crippen LogP contribution in [0.2, 0.25) is 0 Å². The third kappa shape index (κ3) is 2.46. The Morgan fingerprint density at radius 1 is 1.11 bits per heavy atom. The normalized spacial score (nSPS) is 15.9. The van der Waals surface area contributed by atoms with Crippen LogP contribution in [-0.4, -0.2) is 47.7 Å². The number of benzene rings is 1. The lowest BCUT2D eigenvalue weighted by molar-refractivity contribution is 0.0989. The number of ether oxygens (including phenoxy) is 1. The number of Topliss-reactive ketones (excluding diaryl/α,β-unsaturated/α-hetero) is 2. The van der Waals surface area contributed by atoms with Crippen molar-refractivity contribution in [3.05, 3.63) is 46.5 Å². The van der Waals surface area contributed by atoms with Gasteiger partial charge < -0.3 is 15.4 Å². The van der Waals surface area contributed by atoms with Gasteiger partial charge in [-0.25, -0.2) is 4.68 Å². The highest BCUT2D eigenvalue weighted by atomic mass is 16.5. The van der Waals surface area contributed by atoms with E-state index in [-0.39, 0.29) is 33.8 Å². The number of rotatable bonds is 2. The maximum atomic E-state index is 12.8. The second kappa shape index (κ2) is 6.65. The molecule has 2 aliphatic rings. The number of hydrogen-bond donors (Lipinski definition) is 1. The van der Waals surface area contributed by atoms with Crippen molar-refractivity contribution in [1.82, 2.24) is 9.78 Å². The van der Waals surface area contributed by atoms with E-state index in [0.717, 1.165) is 4.68 Å². The van der Waals surface area contributed by atoms with E-state index in [1.807, 2.05) is 17.0 Å². The van der Waals surface area contributed by atoms with Crippen LogP contribution >= 0.6 is 0 Å². The van der Waals surface area contributed by atoms with Crippen molar-refractivity contribution in [2.24, 2.45) is 0 Å². The molecule has 0 saturated carbocycles. The van der Waals surface area contributed by atoms with Gasteiger partial charge in [-0.15, -0.1) is 5.10 Å². The summed E-state index contributed by atoms with van der Waals surface area (Å²) in [6, 6.07) is 10.2. The van der Waals surface area contributed by atoms with Gasteiger partial charge in [0.25, 0.3) is 0 Å². The monoisotopic (exact) mass is 374 g/mol. The number of ketones is 2. The number of nitrogens with two attached hydrogens (primary N) is 1. The van der Waals surface area contributed by atoms with Gasteiger partial charge in [0.2, 0.25) is 11.6 Å². The fraction of sp³-hybridized carbons (Fsp3) is 0.211. The van der Waals surface area contributed by atoms with Crippen LogP contribution in [0.5, 0.6) is 0 Å². The van der Waals surface area contributed by atoms with Crippen LogP contribution in [0.15, 0.2) is 29.8 Å². The first kappa shape index (κ1) is 17.5. The van der Waals surface area contributed by atoms with E-state index >= 15 is 0 Å². The van der Waals surface area contributed by atoms with Crippen LogP contribution < -0.4 is 10.6 Å². The summed E-state index contributed by atoms with van der Waals surface area (Å²) in [5.41, 5.74) is 6.04. The molecule has 0 bridgehead atoms. The maximum Gasteiger partial charge on any atom is 0.200 e. The zero-order valence-corrected chi connectivity index (χ0v) is 14.7. The maximum absolute atomic E-state index is 12.8. The number of fused-ring (bicyclic) bond motifs is 1. The van der Waals surface area contributed by atoms with Crippen molar-refractivity contribution >= 4 is 28.9 Å². The highest BCUT2D eigenvalue weighted by molar-refractivity contribution is 6.42. The van der Waals surface area contributed by atoms with Crippen LogP contribution in [-0.2, 0) is 4.74 Å². The number of aromatic nitrogens is 2. The molecule has 2 aromatic rings. The molecule has 1 saturated heterocycles. The summed E-state index contributed by atoms with van der Waals surface area (Å²) in [6.07, 6.45) is 0. The van der Waals surface area contributed by atoms with Crippen molar-refractivity contribution < 1.29 is 14.3 Å². The Morgan fingerprint density at radius 2 is 1.71 bits per heavy atom. The van der Waals surface area contributed by atoms with Crippen LogP contribution in [0.25, 0.3) is 5.70 Å². The Labute approximate surface area is 159 Å². The predicted octanol–water partition coefficient (Wildman–Crippen LogP) is 0.987. The third-order valence-corrected chi connectivity index (χ3v) is 4.75. The van der Waals surface area contributed by atoms with Crippen molar-refractivity contribution in [2.45, 2.75) is 0 Å². The molecule has 138 valence electrons. The second-order valence-electron chi connectivity index (χ2n) is 6.25. The van der Waals surface area contributed by atoms with Crippen LogP contribution in [0.4, 0.5) is 11.6 Å². The zero-order chi connectivity index (χ0) is 19.8. The van der Waals surface area contributed by atoms with E-state index in [1.165, 1.54) is 12.1 Å². The second-order valence-corrected chi connectivity index (χ2v) is 6.25. The van der Waals surface area contributed by atoms with Gasteiger partial charge in [0, 0.05) is 24.2 Å². The minimum atomic E-state index is -0.557. The van der Waals surface area contributed by atoms with Gasteiger partial charge in [-0.2, -0.15) is 10.5 Å². The largest absolute Gasteiger partial charge is 0.382 e. The molecule has 0 atom stereocenters. The molecule has 0 unspecified atom stereocenters. The first-order chi connectivity index (χ1) is 13.6. The Balaban J connectivity index is 1.89. The first-order valence-corrected chi connectivity index (χ1v) is 8.53. The molecule has 4 rings (SSSR count). The van der Waals surface area contributed by atoms with E-state index in [9.17, 15) is 20.1 Å². The van der Waals surface area contributed by atoms with E-state index < -0.39 is 11.6 Å². The number of nitrogen functional groups attached to an aromatic ring is 1. The lowest BCUT2D eigenvalue weighted by atomic mass is 10.1. The van der Waals surface area contributed by atoms with Crippen molar-refractivity contribution in [1.29, 1.82) is 10.5 Å². The number of nitriles is 2. The minimum Gasteiger partial charge on any atom is -0.382 e. The Hall–Kier alpha value is -3.95. The molecule has 1 aliphatic heterocycles. The summed E-state index contributed by atoms with van der Waals surface area (Å²) in [5, 5.41) is 23.6. The lowest BCUT2D eigenvalue weighted by Gasteiger charge is -2.26. The number of nitrogens with zero attached hydrogens (tertiary/aromatic N) is 5. The van der Waals surface area contributed by atoms with Gasteiger partial charge in [0.1, 0.15) is 29.1 Å². The summed E-state index contributed by atoms with van der Waals surface area (Å²) >= 11 is 0. The molecule has 1 aliphatic carbocycles. The van der Waals surface area contributed by atoms with E-state index in [1.54, 1.807) is 12.1 Å². The summed E-state index contributed by atoms with van der Waals surface area (Å²) < 4.78 is 6.32. The Morgan fingerprint density at radius 3 is 2.25 bits per heavy atom. The minimum absolute atomic E-state index is 0.0886. The molecule has 2 heterocycles. The number of anilines is 2. The highest BCUT2D eigenvalue weighted by Crippen LogP contribution is 2.33. The molecule has 1 aromatic heterocycles. The van der Waals surface area contributed by atoms with Gasteiger partial charge in [0.05, 0.1) is 13.2 Å². The van der Waals surface area contributed by atoms with Gasteiger partial charge in [-0.3, -0.25) is 9.59 Å². The molecule has 0 amide bonds. The van der Waals surface area contributed by atoms with Gasteiger partial charge in [0.15, 0.2) is 11.5 Å². The van der Waals surface area contributed by atoms with Crippen molar-refractivity contribution in [2.75, 3.05) is 36.9 Å². The number of allylic oxidation sites excluding steroid dienone is 2. The number of carbonyl (C=O) groups is 2. The van der Waals surface area contributed by atoms with Crippen LogP contribution in [0.1, 0.15) is 26.3 Å². The Bertz CT molecular complexity index is 1090. The van der Waals surface area contributed by atoms with Gasteiger partial charge in [-0.1, -0.05) is 24.3 Å². The van der Waals surface area contributed by atoms with Crippen LogP contribution in [0.3, 0.4) is 0 Å². The van der Waals surface area contributed by atoms with Gasteiger partial charge >= 0.3 is 0 Å². The summed E-state index contributed by atoms with van der Waals surface area (Å²) in [6.45, 7) is 1.95. The number of hydrogen-bond acceptors (Lipinski definition) is 8. The molecular weight excluding hydrogens is 360 g/mol. The molecule has 2 N–H and O–H groups in total. The quantitative estimate of drug-likeness (QED) is 0.466. The predicted molar refractivity (Wildman–Crippen MR) is 98.3 cm³/mol. The summed E-state index contributed by atoms with van der Waals surface area (Å²) in [7, 11) is 0. The fourth-order valence-electron chi connectivity index (χ4n) is 3.37. The lowest BCUT2D eigenvalue weighted by Crippen LogP contribution is -2.37. The number of morpholine rings is 1. The van der Waals surface area contributed by atoms with Crippen LogP contribution in [0, 0.1) is 22.7 Å². The smallest absolute Gasteiger partial charge is 0.200 e. The third-order valence-electron chi connectivity index (χ3n) is 4.75. The molecule has 0 spiro atoms. The van der Waals surface area contributed by atoms with Crippen molar-refractivity contribution in [3.8, 4) is 12.1 Å². The molecule has 0 radical (unpaired) electrons. The zero-order valence-electron chi connectivity index (χ0n) is 14.7. The van der Waals surface area contributed by atoms with E-state index in [0.29, 0.717) is 32.1 Å². The topological polar surface area (TPSA) is 138 Å². The number of carbonyl (C=O) groups excluding carboxylic acids is 2. The molecule has 28 heavy (non-hydrogen) atoms. The molecule has 9 nitrogen and oxygen atoms in total. The highest BCUT2D eigenvalue weighted by Gasteiger charge is 2.37. The van der Waals surface area contributed by atoms with Gasteiger partial charge in [-0.05, 0) is 0 Å². The first-order valence-electron chi connectivity index (χ1n) is 8.53. The average Bonchev–Trinajstić information content (AvgIpc) is 3.19.